The fraction of sp³-hybridized carbons (Fsp3) is 0.400. The van der Waals surface area contributed by atoms with Crippen LogP contribution in [0.4, 0.5) is 0 Å². The van der Waals surface area contributed by atoms with E-state index in [0.717, 1.165) is 24.2 Å². The van der Waals surface area contributed by atoms with Crippen LogP contribution in [0, 0.1) is 11.8 Å². The fourth-order valence-corrected chi connectivity index (χ4v) is 4.53. The van der Waals surface area contributed by atoms with Crippen molar-refractivity contribution in [2.45, 2.75) is 50.6 Å². The smallest absolute Gasteiger partial charge is 0.303 e. The van der Waals surface area contributed by atoms with Crippen molar-refractivity contribution in [3.05, 3.63) is 83.6 Å². The van der Waals surface area contributed by atoms with Crippen molar-refractivity contribution in [1.29, 1.82) is 0 Å². The van der Waals surface area contributed by atoms with Crippen molar-refractivity contribution in [3.8, 4) is 0 Å². The Labute approximate surface area is 177 Å². The average Bonchev–Trinajstić information content (AvgIpc) is 3.01. The summed E-state index contributed by atoms with van der Waals surface area (Å²) in [6, 6.07) is 20.1. The number of aliphatic hydroxyl groups is 1. The largest absolute Gasteiger partial charge is 0.490 e. The fourth-order valence-electron chi connectivity index (χ4n) is 4.53. The van der Waals surface area contributed by atoms with Crippen LogP contribution in [0.3, 0.4) is 0 Å². The number of rotatable bonds is 9. The lowest BCUT2D eigenvalue weighted by atomic mass is 9.86. The summed E-state index contributed by atoms with van der Waals surface area (Å²) in [5, 5.41) is 19.9. The van der Waals surface area contributed by atoms with Gasteiger partial charge < -0.3 is 19.7 Å². The third-order valence-electron chi connectivity index (χ3n) is 6.07. The zero-order chi connectivity index (χ0) is 20.9. The second-order valence-corrected chi connectivity index (χ2v) is 8.18. The first-order valence-corrected chi connectivity index (χ1v) is 10.6. The number of aliphatic hydroxyl groups excluding tert-OH is 1. The molecule has 158 valence electrons. The molecule has 30 heavy (non-hydrogen) atoms. The monoisotopic (exact) mass is 408 g/mol. The van der Waals surface area contributed by atoms with E-state index in [4.69, 9.17) is 9.47 Å². The van der Waals surface area contributed by atoms with Gasteiger partial charge in [-0.1, -0.05) is 60.7 Å². The molecule has 2 aromatic carbocycles. The predicted molar refractivity (Wildman–Crippen MR) is 113 cm³/mol. The molecule has 2 N–H and O–H groups in total. The number of hydrogen-bond acceptors (Lipinski definition) is 4. The number of carboxylic acid groups (broad SMARTS) is 1. The summed E-state index contributed by atoms with van der Waals surface area (Å²) in [6.07, 6.45) is 3.27. The second-order valence-electron chi connectivity index (χ2n) is 8.18. The lowest BCUT2D eigenvalue weighted by Gasteiger charge is -2.35. The van der Waals surface area contributed by atoms with Gasteiger partial charge in [0.1, 0.15) is 11.9 Å². The SMILES string of the molecule is O=C(O)CC1[C@H](O)C[C@@H](OCc2ccccc2)[C@H]1C1=CC(CCc2ccccc2)O1. The number of hydrogen-bond donors (Lipinski definition) is 2. The van der Waals surface area contributed by atoms with Crippen molar-refractivity contribution in [3.63, 3.8) is 0 Å². The van der Waals surface area contributed by atoms with E-state index in [1.165, 1.54) is 5.56 Å². The Morgan fingerprint density at radius 3 is 2.30 bits per heavy atom. The molecule has 1 saturated carbocycles. The van der Waals surface area contributed by atoms with E-state index in [1.54, 1.807) is 0 Å². The minimum absolute atomic E-state index is 0.0261. The van der Waals surface area contributed by atoms with E-state index in [9.17, 15) is 15.0 Å². The van der Waals surface area contributed by atoms with Crippen LogP contribution < -0.4 is 0 Å². The average molecular weight is 408 g/mol. The molecule has 0 bridgehead atoms. The van der Waals surface area contributed by atoms with Gasteiger partial charge in [-0.25, -0.2) is 0 Å². The van der Waals surface area contributed by atoms with Gasteiger partial charge in [0, 0.05) is 18.3 Å². The third kappa shape index (κ3) is 4.91. The van der Waals surface area contributed by atoms with Gasteiger partial charge >= 0.3 is 5.97 Å². The summed E-state index contributed by atoms with van der Waals surface area (Å²) in [5.41, 5.74) is 2.32. The number of aryl methyl sites for hydroxylation is 1. The quantitative estimate of drug-likeness (QED) is 0.657. The Morgan fingerprint density at radius 1 is 1.03 bits per heavy atom. The van der Waals surface area contributed by atoms with Gasteiger partial charge in [-0.2, -0.15) is 0 Å². The van der Waals surface area contributed by atoms with Gasteiger partial charge in [-0.3, -0.25) is 4.79 Å². The summed E-state index contributed by atoms with van der Waals surface area (Å²) in [5.74, 6) is -0.764. The normalized spacial score (nSPS) is 27.8. The number of benzene rings is 2. The van der Waals surface area contributed by atoms with Crippen LogP contribution >= 0.6 is 0 Å². The number of ether oxygens (including phenoxy) is 2. The Bertz CT molecular complexity index is 864. The van der Waals surface area contributed by atoms with Gasteiger partial charge in [0.2, 0.25) is 0 Å². The van der Waals surface area contributed by atoms with Crippen LogP contribution in [0.2, 0.25) is 0 Å². The molecule has 5 heteroatoms. The highest BCUT2D eigenvalue weighted by Crippen LogP contribution is 2.45. The maximum Gasteiger partial charge on any atom is 0.303 e. The van der Waals surface area contributed by atoms with Crippen molar-refractivity contribution < 1.29 is 24.5 Å². The zero-order valence-corrected chi connectivity index (χ0v) is 16.9. The Hall–Kier alpha value is -2.63. The van der Waals surface area contributed by atoms with E-state index < -0.39 is 18.0 Å². The highest BCUT2D eigenvalue weighted by atomic mass is 16.5. The Balaban J connectivity index is 1.41. The predicted octanol–water partition coefficient (Wildman–Crippen LogP) is 3.96. The lowest BCUT2D eigenvalue weighted by molar-refractivity contribution is -0.139. The second kappa shape index (κ2) is 9.45. The maximum absolute atomic E-state index is 11.4. The van der Waals surface area contributed by atoms with Gasteiger partial charge in [0.25, 0.3) is 0 Å². The molecular formula is C25H28O5. The molecule has 1 heterocycles. The molecule has 5 nitrogen and oxygen atoms in total. The van der Waals surface area contributed by atoms with Gasteiger partial charge in [0.15, 0.2) is 0 Å². The van der Waals surface area contributed by atoms with Crippen molar-refractivity contribution in [2.24, 2.45) is 11.8 Å². The molecule has 0 saturated heterocycles. The molecule has 0 aromatic heterocycles. The molecular weight excluding hydrogens is 380 g/mol. The number of carboxylic acids is 1. The minimum Gasteiger partial charge on any atom is -0.490 e. The van der Waals surface area contributed by atoms with E-state index in [0.29, 0.717) is 13.0 Å². The van der Waals surface area contributed by atoms with Crippen LogP contribution in [0.1, 0.15) is 30.4 Å². The summed E-state index contributed by atoms with van der Waals surface area (Å²) in [7, 11) is 0. The maximum atomic E-state index is 11.4. The number of carbonyl (C=O) groups is 1. The van der Waals surface area contributed by atoms with Crippen LogP contribution in [0.5, 0.6) is 0 Å². The molecule has 2 aromatic rings. The van der Waals surface area contributed by atoms with E-state index in [1.807, 2.05) is 48.5 Å². The van der Waals surface area contributed by atoms with Gasteiger partial charge in [-0.05, 0) is 30.0 Å². The molecule has 5 atom stereocenters. The third-order valence-corrected chi connectivity index (χ3v) is 6.07. The van der Waals surface area contributed by atoms with E-state index >= 15 is 0 Å². The highest BCUT2D eigenvalue weighted by Gasteiger charge is 2.48. The molecule has 0 amide bonds. The Kier molecular flexibility index (Phi) is 6.50. The zero-order valence-electron chi connectivity index (χ0n) is 16.9. The Morgan fingerprint density at radius 2 is 1.67 bits per heavy atom. The van der Waals surface area contributed by atoms with Crippen LogP contribution in [-0.2, 0) is 27.3 Å². The van der Waals surface area contributed by atoms with Crippen molar-refractivity contribution in [2.75, 3.05) is 0 Å². The van der Waals surface area contributed by atoms with Gasteiger partial charge in [0.05, 0.1) is 25.2 Å². The molecule has 2 unspecified atom stereocenters. The molecule has 2 aliphatic rings. The summed E-state index contributed by atoms with van der Waals surface area (Å²) >= 11 is 0. The molecule has 1 aliphatic heterocycles. The van der Waals surface area contributed by atoms with Crippen molar-refractivity contribution >= 4 is 5.97 Å². The standard InChI is InChI=1S/C25H28O5/c26-21-15-22(29-16-18-9-5-2-6-10-18)25(20(21)14-24(27)28)23-13-19(30-23)12-11-17-7-3-1-4-8-17/h1-10,13,19-22,25-26H,11-12,14-16H2,(H,27,28)/t19?,20?,21-,22-,25+/m1/s1. The first-order valence-electron chi connectivity index (χ1n) is 10.6. The molecule has 0 radical (unpaired) electrons. The van der Waals surface area contributed by atoms with E-state index in [-0.39, 0.29) is 24.5 Å². The minimum atomic E-state index is -0.909. The molecule has 0 spiro atoms. The summed E-state index contributed by atoms with van der Waals surface area (Å²) < 4.78 is 12.2. The number of aliphatic carboxylic acids is 1. The summed E-state index contributed by atoms with van der Waals surface area (Å²) in [4.78, 5) is 11.4. The molecule has 1 fully saturated rings. The van der Waals surface area contributed by atoms with Crippen LogP contribution in [0.15, 0.2) is 72.5 Å². The van der Waals surface area contributed by atoms with E-state index in [2.05, 4.69) is 18.2 Å². The van der Waals surface area contributed by atoms with Gasteiger partial charge in [-0.15, -0.1) is 0 Å². The molecule has 4 rings (SSSR count). The first-order chi connectivity index (χ1) is 14.6. The summed E-state index contributed by atoms with van der Waals surface area (Å²) in [6.45, 7) is 0.430. The van der Waals surface area contributed by atoms with Crippen LogP contribution in [-0.4, -0.2) is 34.5 Å². The van der Waals surface area contributed by atoms with Crippen molar-refractivity contribution in [1.82, 2.24) is 0 Å². The molecule has 1 aliphatic carbocycles. The topological polar surface area (TPSA) is 76.0 Å². The first kappa shape index (κ1) is 20.6. The lowest BCUT2D eigenvalue weighted by Crippen LogP contribution is -2.35. The highest BCUT2D eigenvalue weighted by molar-refractivity contribution is 5.67. The van der Waals surface area contributed by atoms with Crippen LogP contribution in [0.25, 0.3) is 0 Å².